The van der Waals surface area contributed by atoms with Crippen molar-refractivity contribution in [3.8, 4) is 0 Å². The lowest BCUT2D eigenvalue weighted by Crippen LogP contribution is -2.07. The molecule has 0 saturated carbocycles. The van der Waals surface area contributed by atoms with E-state index in [-0.39, 0.29) is 6.42 Å². The van der Waals surface area contributed by atoms with E-state index in [1.165, 1.54) is 0 Å². The number of aryl methyl sites for hydroxylation is 3. The van der Waals surface area contributed by atoms with Crippen molar-refractivity contribution >= 4 is 5.97 Å². The Labute approximate surface area is 89.4 Å². The highest BCUT2D eigenvalue weighted by Crippen LogP contribution is 2.23. The fraction of sp³-hybridized carbons (Fsp3) is 0.417. The van der Waals surface area contributed by atoms with Crippen LogP contribution < -0.4 is 0 Å². The molecule has 0 heterocycles. The van der Waals surface area contributed by atoms with Gasteiger partial charge in [0.05, 0.1) is 12.5 Å². The maximum absolute atomic E-state index is 10.5. The molecule has 3 nitrogen and oxygen atoms in total. The van der Waals surface area contributed by atoms with Crippen molar-refractivity contribution in [1.82, 2.24) is 0 Å². The fourth-order valence-corrected chi connectivity index (χ4v) is 1.62. The first kappa shape index (κ1) is 11.7. The largest absolute Gasteiger partial charge is 0.481 e. The second-order valence-corrected chi connectivity index (χ2v) is 3.91. The van der Waals surface area contributed by atoms with Crippen molar-refractivity contribution in [3.63, 3.8) is 0 Å². The Morgan fingerprint density at radius 3 is 2.27 bits per heavy atom. The number of carboxylic acids is 1. The van der Waals surface area contributed by atoms with Gasteiger partial charge in [0.1, 0.15) is 0 Å². The van der Waals surface area contributed by atoms with Crippen LogP contribution in [0.3, 0.4) is 0 Å². The van der Waals surface area contributed by atoms with Crippen molar-refractivity contribution in [2.24, 2.45) is 0 Å². The lowest BCUT2D eigenvalue weighted by molar-refractivity contribution is -0.139. The van der Waals surface area contributed by atoms with E-state index in [4.69, 9.17) is 5.11 Å². The normalized spacial score (nSPS) is 12.5. The number of carbonyl (C=O) groups is 1. The minimum Gasteiger partial charge on any atom is -0.481 e. The molecular weight excluding hydrogens is 192 g/mol. The van der Waals surface area contributed by atoms with Gasteiger partial charge < -0.3 is 10.2 Å². The zero-order valence-corrected chi connectivity index (χ0v) is 9.24. The third kappa shape index (κ3) is 2.80. The maximum atomic E-state index is 10.5. The first-order valence-electron chi connectivity index (χ1n) is 4.89. The van der Waals surface area contributed by atoms with Gasteiger partial charge in [-0.1, -0.05) is 12.1 Å². The Morgan fingerprint density at radius 2 is 1.73 bits per heavy atom. The van der Waals surface area contributed by atoms with Crippen LogP contribution in [0.4, 0.5) is 0 Å². The molecule has 2 N–H and O–H groups in total. The van der Waals surface area contributed by atoms with Gasteiger partial charge in [-0.05, 0) is 43.0 Å². The molecule has 1 aromatic carbocycles. The minimum absolute atomic E-state index is 0.247. The molecule has 0 aliphatic carbocycles. The summed E-state index contributed by atoms with van der Waals surface area (Å²) in [5.41, 5.74) is 3.87. The SMILES string of the molecule is Cc1cc(C)c(C(O)CC(=O)O)cc1C. The summed E-state index contributed by atoms with van der Waals surface area (Å²) in [6.07, 6.45) is -1.16. The van der Waals surface area contributed by atoms with Crippen LogP contribution in [0.2, 0.25) is 0 Å². The lowest BCUT2D eigenvalue weighted by Gasteiger charge is -2.14. The molecule has 82 valence electrons. The predicted octanol–water partition coefficient (Wildman–Crippen LogP) is 2.12. The molecule has 1 rings (SSSR count). The van der Waals surface area contributed by atoms with E-state index in [1.807, 2.05) is 32.9 Å². The van der Waals surface area contributed by atoms with E-state index in [9.17, 15) is 9.90 Å². The highest BCUT2D eigenvalue weighted by Gasteiger charge is 2.14. The smallest absolute Gasteiger partial charge is 0.306 e. The Morgan fingerprint density at radius 1 is 1.20 bits per heavy atom. The predicted molar refractivity (Wildman–Crippen MR) is 57.9 cm³/mol. The molecule has 3 heteroatoms. The van der Waals surface area contributed by atoms with Crippen LogP contribution in [-0.4, -0.2) is 16.2 Å². The van der Waals surface area contributed by atoms with Gasteiger partial charge >= 0.3 is 5.97 Å². The molecule has 0 aromatic heterocycles. The first-order valence-corrected chi connectivity index (χ1v) is 4.89. The third-order valence-electron chi connectivity index (χ3n) is 2.61. The summed E-state index contributed by atoms with van der Waals surface area (Å²) >= 11 is 0. The quantitative estimate of drug-likeness (QED) is 0.800. The number of hydrogen-bond donors (Lipinski definition) is 2. The molecule has 0 amide bonds. The van der Waals surface area contributed by atoms with Gasteiger partial charge in [-0.3, -0.25) is 4.79 Å². The van der Waals surface area contributed by atoms with Gasteiger partial charge in [-0.15, -0.1) is 0 Å². The molecule has 0 aliphatic rings. The van der Waals surface area contributed by atoms with Gasteiger partial charge in [0.25, 0.3) is 0 Å². The van der Waals surface area contributed by atoms with Crippen molar-refractivity contribution < 1.29 is 15.0 Å². The Bertz CT molecular complexity index is 383. The van der Waals surface area contributed by atoms with Crippen molar-refractivity contribution in [3.05, 3.63) is 34.4 Å². The monoisotopic (exact) mass is 208 g/mol. The van der Waals surface area contributed by atoms with Crippen LogP contribution in [0.5, 0.6) is 0 Å². The lowest BCUT2D eigenvalue weighted by atomic mass is 9.96. The number of aliphatic hydroxyl groups is 1. The Kier molecular flexibility index (Phi) is 3.48. The molecule has 0 spiro atoms. The molecule has 15 heavy (non-hydrogen) atoms. The first-order chi connectivity index (χ1) is 6.91. The zero-order valence-electron chi connectivity index (χ0n) is 9.24. The van der Waals surface area contributed by atoms with Gasteiger partial charge in [0.2, 0.25) is 0 Å². The molecule has 0 radical (unpaired) electrons. The average molecular weight is 208 g/mol. The summed E-state index contributed by atoms with van der Waals surface area (Å²) in [4.78, 5) is 10.5. The topological polar surface area (TPSA) is 57.5 Å². The highest BCUT2D eigenvalue weighted by atomic mass is 16.4. The van der Waals surface area contributed by atoms with E-state index >= 15 is 0 Å². The van der Waals surface area contributed by atoms with Crippen LogP contribution in [0, 0.1) is 20.8 Å². The van der Waals surface area contributed by atoms with Gasteiger partial charge in [0.15, 0.2) is 0 Å². The minimum atomic E-state index is -0.986. The Hall–Kier alpha value is -1.35. The summed E-state index contributed by atoms with van der Waals surface area (Å²) in [7, 11) is 0. The average Bonchev–Trinajstić information content (AvgIpc) is 2.09. The van der Waals surface area contributed by atoms with Crippen LogP contribution in [-0.2, 0) is 4.79 Å². The number of benzene rings is 1. The summed E-state index contributed by atoms with van der Waals surface area (Å²) in [5, 5.41) is 18.3. The van der Waals surface area contributed by atoms with Crippen molar-refractivity contribution in [2.45, 2.75) is 33.3 Å². The van der Waals surface area contributed by atoms with Crippen LogP contribution in [0.1, 0.15) is 34.8 Å². The highest BCUT2D eigenvalue weighted by molar-refractivity contribution is 5.67. The van der Waals surface area contributed by atoms with E-state index in [2.05, 4.69) is 0 Å². The van der Waals surface area contributed by atoms with E-state index < -0.39 is 12.1 Å². The summed E-state index contributed by atoms with van der Waals surface area (Å²) in [6, 6.07) is 3.83. The Balaban J connectivity index is 3.03. The van der Waals surface area contributed by atoms with Gasteiger partial charge in [-0.25, -0.2) is 0 Å². The number of rotatable bonds is 3. The number of aliphatic hydroxyl groups excluding tert-OH is 1. The van der Waals surface area contributed by atoms with Crippen LogP contribution in [0.25, 0.3) is 0 Å². The maximum Gasteiger partial charge on any atom is 0.306 e. The van der Waals surface area contributed by atoms with Crippen molar-refractivity contribution in [2.75, 3.05) is 0 Å². The summed E-state index contributed by atoms with van der Waals surface area (Å²) in [5.74, 6) is -0.986. The molecule has 1 aromatic rings. The molecule has 0 aliphatic heterocycles. The second-order valence-electron chi connectivity index (χ2n) is 3.91. The molecule has 0 bridgehead atoms. The van der Waals surface area contributed by atoms with Gasteiger partial charge in [0, 0.05) is 0 Å². The molecule has 1 unspecified atom stereocenters. The summed E-state index contributed by atoms with van der Waals surface area (Å²) in [6.45, 7) is 5.83. The molecule has 1 atom stereocenters. The molecular formula is C12H16O3. The van der Waals surface area contributed by atoms with E-state index in [0.717, 1.165) is 16.7 Å². The van der Waals surface area contributed by atoms with Crippen LogP contribution >= 0.6 is 0 Å². The zero-order chi connectivity index (χ0) is 11.6. The second kappa shape index (κ2) is 4.45. The number of carboxylic acid groups (broad SMARTS) is 1. The fourth-order valence-electron chi connectivity index (χ4n) is 1.62. The van der Waals surface area contributed by atoms with Crippen molar-refractivity contribution in [1.29, 1.82) is 0 Å². The summed E-state index contributed by atoms with van der Waals surface area (Å²) < 4.78 is 0. The van der Waals surface area contributed by atoms with E-state index in [1.54, 1.807) is 0 Å². The van der Waals surface area contributed by atoms with Gasteiger partial charge in [-0.2, -0.15) is 0 Å². The third-order valence-corrected chi connectivity index (χ3v) is 2.61. The van der Waals surface area contributed by atoms with Crippen LogP contribution in [0.15, 0.2) is 12.1 Å². The molecule has 0 fully saturated rings. The number of hydrogen-bond acceptors (Lipinski definition) is 2. The number of aliphatic carboxylic acids is 1. The molecule has 0 saturated heterocycles. The standard InChI is InChI=1S/C12H16O3/c1-7-4-9(3)10(5-8(7)2)11(13)6-12(14)15/h4-5,11,13H,6H2,1-3H3,(H,14,15). The van der Waals surface area contributed by atoms with E-state index in [0.29, 0.717) is 5.56 Å².